The van der Waals surface area contributed by atoms with E-state index in [1.807, 2.05) is 0 Å². The highest BCUT2D eigenvalue weighted by Gasteiger charge is 2.18. The van der Waals surface area contributed by atoms with Crippen LogP contribution in [0.3, 0.4) is 0 Å². The minimum absolute atomic E-state index is 0.0991. The van der Waals surface area contributed by atoms with Gasteiger partial charge in [0.1, 0.15) is 5.75 Å². The third kappa shape index (κ3) is 2.94. The van der Waals surface area contributed by atoms with Crippen LogP contribution in [0.25, 0.3) is 0 Å². The Morgan fingerprint density at radius 2 is 2.53 bits per heavy atom. The summed E-state index contributed by atoms with van der Waals surface area (Å²) in [5, 5.41) is 6.26. The first-order chi connectivity index (χ1) is 8.31. The summed E-state index contributed by atoms with van der Waals surface area (Å²) in [5.41, 5.74) is 0.535. The van der Waals surface area contributed by atoms with E-state index < -0.39 is 0 Å². The van der Waals surface area contributed by atoms with Crippen LogP contribution in [0.15, 0.2) is 18.5 Å². The fraction of sp³-hybridized carbons (Fsp3) is 0.500. The number of carbonyl (C=O) groups excluding carboxylic acids is 1. The molecule has 1 saturated heterocycles. The van der Waals surface area contributed by atoms with Gasteiger partial charge >= 0.3 is 0 Å². The Kier molecular flexibility index (Phi) is 3.93. The molecule has 92 valence electrons. The second-order valence-electron chi connectivity index (χ2n) is 4.09. The van der Waals surface area contributed by atoms with Gasteiger partial charge in [0.05, 0.1) is 18.9 Å². The van der Waals surface area contributed by atoms with E-state index in [4.69, 9.17) is 4.74 Å². The second-order valence-corrected chi connectivity index (χ2v) is 4.09. The number of methoxy groups -OCH3 is 1. The van der Waals surface area contributed by atoms with Crippen molar-refractivity contribution in [3.63, 3.8) is 0 Å². The number of rotatable bonds is 3. The number of nitrogens with one attached hydrogen (secondary N) is 2. The molecule has 5 nitrogen and oxygen atoms in total. The number of carbonyl (C=O) groups is 1. The molecule has 1 atom stereocenters. The van der Waals surface area contributed by atoms with Gasteiger partial charge in [-0.15, -0.1) is 0 Å². The Hall–Kier alpha value is -1.62. The van der Waals surface area contributed by atoms with Crippen molar-refractivity contribution in [1.82, 2.24) is 15.6 Å². The van der Waals surface area contributed by atoms with E-state index in [0.29, 0.717) is 11.3 Å². The number of aromatic nitrogens is 1. The Bertz CT molecular complexity index is 389. The molecule has 0 spiro atoms. The molecule has 1 aliphatic rings. The number of ether oxygens (including phenoxy) is 1. The zero-order valence-electron chi connectivity index (χ0n) is 9.90. The van der Waals surface area contributed by atoms with E-state index in [0.717, 1.165) is 25.9 Å². The van der Waals surface area contributed by atoms with Gasteiger partial charge in [0.25, 0.3) is 5.91 Å². The lowest BCUT2D eigenvalue weighted by atomic mass is 10.1. The normalized spacial score (nSPS) is 19.7. The number of amides is 1. The predicted molar refractivity (Wildman–Crippen MR) is 64.1 cm³/mol. The molecule has 1 aromatic heterocycles. The standard InChI is InChI=1S/C12H17N3O2/c1-17-11-8-14-6-4-10(11)12(16)15-9-3-2-5-13-7-9/h4,6,8-9,13H,2-3,5,7H2,1H3,(H,15,16)/t9-/m1/s1. The maximum Gasteiger partial charge on any atom is 0.255 e. The molecule has 17 heavy (non-hydrogen) atoms. The van der Waals surface area contributed by atoms with E-state index >= 15 is 0 Å². The lowest BCUT2D eigenvalue weighted by Crippen LogP contribution is -2.45. The van der Waals surface area contributed by atoms with Crippen LogP contribution in [-0.2, 0) is 0 Å². The van der Waals surface area contributed by atoms with Crippen molar-refractivity contribution < 1.29 is 9.53 Å². The van der Waals surface area contributed by atoms with E-state index in [2.05, 4.69) is 15.6 Å². The molecule has 0 unspecified atom stereocenters. The number of piperidine rings is 1. The van der Waals surface area contributed by atoms with Gasteiger partial charge in [0, 0.05) is 18.8 Å². The van der Waals surface area contributed by atoms with Crippen molar-refractivity contribution >= 4 is 5.91 Å². The minimum Gasteiger partial charge on any atom is -0.494 e. The van der Waals surface area contributed by atoms with Crippen molar-refractivity contribution in [3.8, 4) is 5.75 Å². The summed E-state index contributed by atoms with van der Waals surface area (Å²) >= 11 is 0. The van der Waals surface area contributed by atoms with Gasteiger partial charge in [0.15, 0.2) is 0 Å². The van der Waals surface area contributed by atoms with Crippen LogP contribution in [0.2, 0.25) is 0 Å². The Morgan fingerprint density at radius 3 is 3.24 bits per heavy atom. The van der Waals surface area contributed by atoms with Gasteiger partial charge in [-0.05, 0) is 25.5 Å². The van der Waals surface area contributed by atoms with E-state index in [1.165, 1.54) is 7.11 Å². The van der Waals surface area contributed by atoms with Crippen LogP contribution < -0.4 is 15.4 Å². The first-order valence-corrected chi connectivity index (χ1v) is 5.81. The largest absolute Gasteiger partial charge is 0.494 e. The molecule has 1 amide bonds. The van der Waals surface area contributed by atoms with Crippen LogP contribution >= 0.6 is 0 Å². The molecule has 5 heteroatoms. The molecule has 0 aromatic carbocycles. The number of hydrogen-bond donors (Lipinski definition) is 2. The fourth-order valence-corrected chi connectivity index (χ4v) is 1.97. The molecule has 2 N–H and O–H groups in total. The molecule has 1 aromatic rings. The molecule has 2 heterocycles. The molecule has 2 rings (SSSR count). The van der Waals surface area contributed by atoms with Crippen molar-refractivity contribution in [1.29, 1.82) is 0 Å². The lowest BCUT2D eigenvalue weighted by molar-refractivity contribution is 0.0927. The Morgan fingerprint density at radius 1 is 1.65 bits per heavy atom. The minimum atomic E-state index is -0.0991. The average Bonchev–Trinajstić information content (AvgIpc) is 2.40. The summed E-state index contributed by atoms with van der Waals surface area (Å²) in [7, 11) is 1.54. The first-order valence-electron chi connectivity index (χ1n) is 5.81. The average molecular weight is 235 g/mol. The zero-order chi connectivity index (χ0) is 12.1. The van der Waals surface area contributed by atoms with Crippen LogP contribution in [0.1, 0.15) is 23.2 Å². The molecular weight excluding hydrogens is 218 g/mol. The highest BCUT2D eigenvalue weighted by atomic mass is 16.5. The maximum absolute atomic E-state index is 12.0. The predicted octanol–water partition coefficient (Wildman–Crippen LogP) is 0.572. The third-order valence-electron chi connectivity index (χ3n) is 2.88. The lowest BCUT2D eigenvalue weighted by Gasteiger charge is -2.24. The molecule has 0 aliphatic carbocycles. The summed E-state index contributed by atoms with van der Waals surface area (Å²) < 4.78 is 5.12. The van der Waals surface area contributed by atoms with Crippen molar-refractivity contribution in [3.05, 3.63) is 24.0 Å². The molecule has 0 radical (unpaired) electrons. The summed E-state index contributed by atoms with van der Waals surface area (Å²) in [5.74, 6) is 0.409. The van der Waals surface area contributed by atoms with Gasteiger partial charge in [0.2, 0.25) is 0 Å². The Labute approximate surface area is 101 Å². The molecule has 0 bridgehead atoms. The smallest absolute Gasteiger partial charge is 0.255 e. The van der Waals surface area contributed by atoms with Crippen LogP contribution in [0.4, 0.5) is 0 Å². The van der Waals surface area contributed by atoms with Gasteiger partial charge in [-0.1, -0.05) is 0 Å². The zero-order valence-corrected chi connectivity index (χ0v) is 9.90. The first kappa shape index (κ1) is 11.9. The summed E-state index contributed by atoms with van der Waals surface area (Å²) in [6, 6.07) is 1.87. The number of pyridine rings is 1. The van der Waals surface area contributed by atoms with Gasteiger partial charge < -0.3 is 15.4 Å². The summed E-state index contributed by atoms with van der Waals surface area (Å²) in [6.45, 7) is 1.87. The fourth-order valence-electron chi connectivity index (χ4n) is 1.97. The van der Waals surface area contributed by atoms with E-state index in [-0.39, 0.29) is 11.9 Å². The molecule has 1 fully saturated rings. The van der Waals surface area contributed by atoms with Crippen LogP contribution in [0.5, 0.6) is 5.75 Å². The number of hydrogen-bond acceptors (Lipinski definition) is 4. The van der Waals surface area contributed by atoms with Crippen molar-refractivity contribution in [2.45, 2.75) is 18.9 Å². The van der Waals surface area contributed by atoms with E-state index in [1.54, 1.807) is 18.5 Å². The Balaban J connectivity index is 2.03. The van der Waals surface area contributed by atoms with Gasteiger partial charge in [-0.3, -0.25) is 9.78 Å². The van der Waals surface area contributed by atoms with Gasteiger partial charge in [-0.2, -0.15) is 0 Å². The topological polar surface area (TPSA) is 63.2 Å². The summed E-state index contributed by atoms with van der Waals surface area (Å²) in [4.78, 5) is 16.0. The highest BCUT2D eigenvalue weighted by Crippen LogP contribution is 2.15. The third-order valence-corrected chi connectivity index (χ3v) is 2.88. The molecule has 1 aliphatic heterocycles. The molecular formula is C12H17N3O2. The SMILES string of the molecule is COc1cnccc1C(=O)N[C@@H]1CCCNC1. The second kappa shape index (κ2) is 5.63. The summed E-state index contributed by atoms with van der Waals surface area (Å²) in [6.07, 6.45) is 5.26. The van der Waals surface area contributed by atoms with Crippen molar-refractivity contribution in [2.75, 3.05) is 20.2 Å². The number of nitrogens with zero attached hydrogens (tertiary/aromatic N) is 1. The molecule has 0 saturated carbocycles. The monoisotopic (exact) mass is 235 g/mol. The van der Waals surface area contributed by atoms with Crippen LogP contribution in [-0.4, -0.2) is 37.1 Å². The highest BCUT2D eigenvalue weighted by molar-refractivity contribution is 5.96. The maximum atomic E-state index is 12.0. The van der Waals surface area contributed by atoms with Crippen molar-refractivity contribution in [2.24, 2.45) is 0 Å². The van der Waals surface area contributed by atoms with E-state index in [9.17, 15) is 4.79 Å². The quantitative estimate of drug-likeness (QED) is 0.804. The van der Waals surface area contributed by atoms with Crippen LogP contribution in [0, 0.1) is 0 Å². The van der Waals surface area contributed by atoms with Gasteiger partial charge in [-0.25, -0.2) is 0 Å².